The second-order valence-corrected chi connectivity index (χ2v) is 16.4. The normalized spacial score (nSPS) is 12.4. The number of hydrogen-bond donors (Lipinski definition) is 0. The van der Waals surface area contributed by atoms with Crippen molar-refractivity contribution in [3.63, 3.8) is 0 Å². The lowest BCUT2D eigenvalue weighted by molar-refractivity contribution is -0.107. The van der Waals surface area contributed by atoms with Crippen LogP contribution in [0, 0.1) is 0 Å². The lowest BCUT2D eigenvalue weighted by Crippen LogP contribution is -2.59. The molecule has 0 N–H and O–H groups in total. The van der Waals surface area contributed by atoms with Crippen LogP contribution in [0.15, 0.2) is 0 Å². The van der Waals surface area contributed by atoms with E-state index >= 15 is 0 Å². The first-order valence-corrected chi connectivity index (χ1v) is 13.2. The minimum atomic E-state index is -1.28. The van der Waals surface area contributed by atoms with Gasteiger partial charge in [-0.2, -0.15) is 0 Å². The standard InChI is InChI=1S/C8H21NOSi2.C4H10O2/c1-11(2,3)9(7-8-10)12(4,5)6;1-4(5-2)6-3/h8H,7H2,1-6H3;4H,1-3H3. The van der Waals surface area contributed by atoms with Gasteiger partial charge < -0.3 is 18.5 Å². The minimum Gasteiger partial charge on any atom is -0.356 e. The van der Waals surface area contributed by atoms with Crippen molar-refractivity contribution in [3.8, 4) is 0 Å². The Hall–Kier alpha value is -0.0162. The van der Waals surface area contributed by atoms with E-state index in [-0.39, 0.29) is 6.29 Å². The molecule has 0 heterocycles. The van der Waals surface area contributed by atoms with Gasteiger partial charge in [-0.05, 0) is 6.92 Å². The summed E-state index contributed by atoms with van der Waals surface area (Å²) in [5.41, 5.74) is 0. The molecule has 0 unspecified atom stereocenters. The average Bonchev–Trinajstić information content (AvgIpc) is 2.22. The number of rotatable bonds is 6. The zero-order valence-corrected chi connectivity index (χ0v) is 15.5. The van der Waals surface area contributed by atoms with Crippen LogP contribution in [0.3, 0.4) is 0 Å². The second-order valence-electron chi connectivity index (χ2n) is 6.16. The Morgan fingerprint density at radius 1 is 1.00 bits per heavy atom. The van der Waals surface area contributed by atoms with Crippen molar-refractivity contribution in [1.82, 2.24) is 4.23 Å². The van der Waals surface area contributed by atoms with Crippen molar-refractivity contribution in [3.05, 3.63) is 0 Å². The van der Waals surface area contributed by atoms with Crippen molar-refractivity contribution in [2.75, 3.05) is 20.8 Å². The van der Waals surface area contributed by atoms with E-state index in [0.717, 1.165) is 6.29 Å². The number of aldehydes is 1. The van der Waals surface area contributed by atoms with E-state index < -0.39 is 16.5 Å². The van der Waals surface area contributed by atoms with E-state index in [1.165, 1.54) is 0 Å². The molecule has 0 aromatic heterocycles. The highest BCUT2D eigenvalue weighted by molar-refractivity contribution is 6.89. The monoisotopic (exact) mass is 293 g/mol. The predicted octanol–water partition coefficient (Wildman–Crippen LogP) is 2.78. The van der Waals surface area contributed by atoms with Gasteiger partial charge in [-0.25, -0.2) is 0 Å². The van der Waals surface area contributed by atoms with Gasteiger partial charge in [-0.15, -0.1) is 0 Å². The Morgan fingerprint density at radius 3 is 1.39 bits per heavy atom. The molecule has 0 aromatic rings. The van der Waals surface area contributed by atoms with Gasteiger partial charge in [-0.3, -0.25) is 0 Å². The van der Waals surface area contributed by atoms with Gasteiger partial charge >= 0.3 is 0 Å². The summed E-state index contributed by atoms with van der Waals surface area (Å²) < 4.78 is 11.8. The van der Waals surface area contributed by atoms with Crippen molar-refractivity contribution in [2.24, 2.45) is 0 Å². The lowest BCUT2D eigenvalue weighted by atomic mass is 10.8. The van der Waals surface area contributed by atoms with Gasteiger partial charge in [-0.1, -0.05) is 39.3 Å². The molecule has 0 aliphatic heterocycles. The molecule has 0 atom stereocenters. The van der Waals surface area contributed by atoms with Gasteiger partial charge in [0, 0.05) is 20.8 Å². The van der Waals surface area contributed by atoms with Crippen molar-refractivity contribution in [2.45, 2.75) is 52.5 Å². The molecule has 4 nitrogen and oxygen atoms in total. The van der Waals surface area contributed by atoms with Crippen LogP contribution in [0.1, 0.15) is 6.92 Å². The number of ether oxygens (including phenoxy) is 2. The molecular formula is C12H31NO3Si2. The summed E-state index contributed by atoms with van der Waals surface area (Å²) in [6.07, 6.45) is 0.973. The molecule has 0 rings (SSSR count). The van der Waals surface area contributed by atoms with Crippen LogP contribution in [0.5, 0.6) is 0 Å². The van der Waals surface area contributed by atoms with E-state index in [4.69, 9.17) is 0 Å². The Morgan fingerprint density at radius 2 is 1.33 bits per heavy atom. The van der Waals surface area contributed by atoms with Gasteiger partial charge in [0.05, 0.1) is 0 Å². The largest absolute Gasteiger partial charge is 0.356 e. The van der Waals surface area contributed by atoms with Crippen LogP contribution in [0.2, 0.25) is 39.3 Å². The Bertz CT molecular complexity index is 206. The zero-order chi connectivity index (χ0) is 15.0. The fourth-order valence-corrected chi connectivity index (χ4v) is 11.0. The maximum absolute atomic E-state index is 10.5. The summed E-state index contributed by atoms with van der Waals surface area (Å²) in [6.45, 7) is 16.3. The first kappa shape index (κ1) is 20.3. The molecular weight excluding hydrogens is 262 g/mol. The highest BCUT2D eigenvalue weighted by Crippen LogP contribution is 2.18. The molecule has 110 valence electrons. The third kappa shape index (κ3) is 9.96. The van der Waals surface area contributed by atoms with Gasteiger partial charge in [0.15, 0.2) is 6.29 Å². The first-order chi connectivity index (χ1) is 8.00. The summed E-state index contributed by atoms with van der Waals surface area (Å²) >= 11 is 0. The highest BCUT2D eigenvalue weighted by Gasteiger charge is 2.33. The lowest BCUT2D eigenvalue weighted by Gasteiger charge is -2.42. The number of carbonyl (C=O) groups excluding carboxylic acids is 1. The summed E-state index contributed by atoms with van der Waals surface area (Å²) in [5.74, 6) is 0. The van der Waals surface area contributed by atoms with Gasteiger partial charge in [0.1, 0.15) is 22.8 Å². The van der Waals surface area contributed by atoms with Crippen LogP contribution in [-0.4, -0.2) is 54.0 Å². The molecule has 0 aliphatic carbocycles. The molecule has 0 saturated carbocycles. The van der Waals surface area contributed by atoms with Crippen molar-refractivity contribution < 1.29 is 14.3 Å². The molecule has 0 bridgehead atoms. The van der Waals surface area contributed by atoms with Crippen LogP contribution in [0.4, 0.5) is 0 Å². The van der Waals surface area contributed by atoms with Crippen LogP contribution in [0.25, 0.3) is 0 Å². The predicted molar refractivity (Wildman–Crippen MR) is 82.9 cm³/mol. The molecule has 0 radical (unpaired) electrons. The second kappa shape index (κ2) is 8.98. The average molecular weight is 294 g/mol. The Balaban J connectivity index is 0. The molecule has 0 fully saturated rings. The van der Waals surface area contributed by atoms with Crippen molar-refractivity contribution >= 4 is 22.8 Å². The minimum absolute atomic E-state index is 0.0648. The summed E-state index contributed by atoms with van der Waals surface area (Å²) in [5, 5.41) is 0. The van der Waals surface area contributed by atoms with Crippen molar-refractivity contribution in [1.29, 1.82) is 0 Å². The maximum atomic E-state index is 10.5. The first-order valence-electron chi connectivity index (χ1n) is 6.27. The van der Waals surface area contributed by atoms with Crippen LogP contribution in [-0.2, 0) is 14.3 Å². The quantitative estimate of drug-likeness (QED) is 0.429. The number of carbonyl (C=O) groups is 1. The van der Waals surface area contributed by atoms with E-state index in [1.807, 2.05) is 6.92 Å². The van der Waals surface area contributed by atoms with Gasteiger partial charge in [0.2, 0.25) is 0 Å². The SMILES string of the molecule is COC(C)OC.C[Si](C)(C)N(CC=O)[Si](C)(C)C. The van der Waals surface area contributed by atoms with E-state index in [9.17, 15) is 4.79 Å². The number of methoxy groups -OCH3 is 2. The van der Waals surface area contributed by atoms with E-state index in [2.05, 4.69) is 53.0 Å². The number of nitrogens with zero attached hydrogens (tertiary/aromatic N) is 1. The van der Waals surface area contributed by atoms with Gasteiger partial charge in [0.25, 0.3) is 0 Å². The van der Waals surface area contributed by atoms with E-state index in [0.29, 0.717) is 6.54 Å². The summed E-state index contributed by atoms with van der Waals surface area (Å²) in [6, 6.07) is 0. The fraction of sp³-hybridized carbons (Fsp3) is 0.917. The molecule has 0 amide bonds. The molecule has 0 aromatic carbocycles. The fourth-order valence-electron chi connectivity index (χ4n) is 1.72. The Kier molecular flexibility index (Phi) is 10.1. The highest BCUT2D eigenvalue weighted by atomic mass is 28.4. The molecule has 18 heavy (non-hydrogen) atoms. The number of hydrogen-bond acceptors (Lipinski definition) is 4. The summed E-state index contributed by atoms with van der Waals surface area (Å²) in [4.78, 5) is 10.5. The zero-order valence-electron chi connectivity index (χ0n) is 13.5. The Labute approximate surface area is 115 Å². The molecule has 0 aliphatic rings. The summed E-state index contributed by atoms with van der Waals surface area (Å²) in [7, 11) is 0.652. The van der Waals surface area contributed by atoms with E-state index in [1.54, 1.807) is 14.2 Å². The molecule has 0 saturated heterocycles. The third-order valence-electron chi connectivity index (χ3n) is 2.54. The smallest absolute Gasteiger partial charge is 0.154 e. The topological polar surface area (TPSA) is 38.8 Å². The molecule has 6 heteroatoms. The van der Waals surface area contributed by atoms with Crippen LogP contribution < -0.4 is 0 Å². The van der Waals surface area contributed by atoms with Crippen LogP contribution >= 0.6 is 0 Å². The maximum Gasteiger partial charge on any atom is 0.154 e. The third-order valence-corrected chi connectivity index (χ3v) is 10.2. The molecule has 0 spiro atoms.